The molecule has 0 bridgehead atoms. The van der Waals surface area contributed by atoms with E-state index in [0.29, 0.717) is 10.8 Å². The third-order valence-electron chi connectivity index (χ3n) is 4.47. The smallest absolute Gasteiger partial charge is 0.226 e. The number of carbonyl (C=O) groups is 1. The van der Waals surface area contributed by atoms with Crippen molar-refractivity contribution in [3.8, 4) is 17.0 Å². The van der Waals surface area contributed by atoms with E-state index in [4.69, 9.17) is 16.0 Å². The number of nitrogens with one attached hydrogen (secondary N) is 1. The van der Waals surface area contributed by atoms with Crippen molar-refractivity contribution in [3.63, 3.8) is 0 Å². The number of halogens is 3. The number of benzene rings is 2. The Morgan fingerprint density at radius 2 is 2.03 bits per heavy atom. The summed E-state index contributed by atoms with van der Waals surface area (Å²) >= 11 is 6.05. The first-order valence-electron chi connectivity index (χ1n) is 9.41. The molecular weight excluding hydrogens is 426 g/mol. The second-order valence-corrected chi connectivity index (χ2v) is 7.29. The van der Waals surface area contributed by atoms with Gasteiger partial charge < -0.3 is 9.73 Å². The number of aryl methyl sites for hydroxylation is 2. The van der Waals surface area contributed by atoms with Crippen molar-refractivity contribution in [3.05, 3.63) is 83.0 Å². The van der Waals surface area contributed by atoms with E-state index in [9.17, 15) is 13.6 Å². The van der Waals surface area contributed by atoms with E-state index >= 15 is 0 Å². The first-order chi connectivity index (χ1) is 14.9. The van der Waals surface area contributed by atoms with Crippen LogP contribution >= 0.6 is 11.6 Å². The molecule has 0 aliphatic heterocycles. The first-order valence-corrected chi connectivity index (χ1v) is 9.79. The lowest BCUT2D eigenvalue weighted by Gasteiger charge is -2.09. The Morgan fingerprint density at radius 3 is 2.81 bits per heavy atom. The second-order valence-electron chi connectivity index (χ2n) is 6.85. The van der Waals surface area contributed by atoms with Gasteiger partial charge in [0.05, 0.1) is 23.1 Å². The second kappa shape index (κ2) is 8.69. The summed E-state index contributed by atoms with van der Waals surface area (Å²) in [6, 6.07) is 12.1. The molecule has 6 nitrogen and oxygen atoms in total. The molecule has 31 heavy (non-hydrogen) atoms. The van der Waals surface area contributed by atoms with Gasteiger partial charge in [-0.2, -0.15) is 5.10 Å². The van der Waals surface area contributed by atoms with Crippen LogP contribution in [0.2, 0.25) is 5.02 Å². The number of carbonyl (C=O) groups excluding carboxylic acids is 1. The Hall–Kier alpha value is -3.52. The number of rotatable bonds is 6. The number of amides is 1. The molecule has 0 saturated heterocycles. The van der Waals surface area contributed by atoms with Gasteiger partial charge in [-0.3, -0.25) is 4.79 Å². The van der Waals surface area contributed by atoms with E-state index < -0.39 is 11.6 Å². The molecule has 0 unspecified atom stereocenters. The van der Waals surface area contributed by atoms with Gasteiger partial charge in [0.25, 0.3) is 0 Å². The summed E-state index contributed by atoms with van der Waals surface area (Å²) in [7, 11) is 0. The summed E-state index contributed by atoms with van der Waals surface area (Å²) in [6.07, 6.45) is 1.64. The number of hydrogen-bond acceptors (Lipinski definition) is 4. The van der Waals surface area contributed by atoms with Gasteiger partial charge in [-0.1, -0.05) is 17.7 Å². The van der Waals surface area contributed by atoms with Crippen molar-refractivity contribution < 1.29 is 18.0 Å². The SMILES string of the molecule is Cc1cc(NC(=O)CCc2ncc(-c3ccc(F)cc3F)o2)n(-c2cccc(Cl)c2)n1. The highest BCUT2D eigenvalue weighted by Gasteiger charge is 2.15. The lowest BCUT2D eigenvalue weighted by atomic mass is 10.2. The Labute approximate surface area is 181 Å². The van der Waals surface area contributed by atoms with E-state index in [1.807, 2.05) is 13.0 Å². The summed E-state index contributed by atoms with van der Waals surface area (Å²) in [5.74, 6) is -0.742. The molecule has 0 spiro atoms. The fourth-order valence-corrected chi connectivity index (χ4v) is 3.24. The third kappa shape index (κ3) is 4.80. The maximum atomic E-state index is 13.9. The fourth-order valence-electron chi connectivity index (χ4n) is 3.06. The molecule has 2 heterocycles. The molecule has 0 saturated carbocycles. The summed E-state index contributed by atoms with van der Waals surface area (Å²) in [6.45, 7) is 1.82. The van der Waals surface area contributed by atoms with Crippen LogP contribution in [0.5, 0.6) is 0 Å². The molecule has 0 atom stereocenters. The highest BCUT2D eigenvalue weighted by Crippen LogP contribution is 2.25. The van der Waals surface area contributed by atoms with Gasteiger partial charge in [0, 0.05) is 30.0 Å². The first kappa shape index (κ1) is 20.7. The molecule has 158 valence electrons. The van der Waals surface area contributed by atoms with Crippen LogP contribution in [0.4, 0.5) is 14.6 Å². The molecule has 1 N–H and O–H groups in total. The van der Waals surface area contributed by atoms with Gasteiger partial charge in [0.2, 0.25) is 5.91 Å². The largest absolute Gasteiger partial charge is 0.441 e. The van der Waals surface area contributed by atoms with Crippen molar-refractivity contribution >= 4 is 23.3 Å². The fraction of sp³-hybridized carbons (Fsp3) is 0.136. The molecule has 0 aliphatic rings. The molecule has 4 rings (SSSR count). The highest BCUT2D eigenvalue weighted by molar-refractivity contribution is 6.30. The monoisotopic (exact) mass is 442 g/mol. The molecule has 1 amide bonds. The minimum atomic E-state index is -0.745. The quantitative estimate of drug-likeness (QED) is 0.437. The number of aromatic nitrogens is 3. The van der Waals surface area contributed by atoms with Crippen molar-refractivity contribution in [2.24, 2.45) is 0 Å². The molecule has 0 radical (unpaired) electrons. The molecule has 2 aromatic carbocycles. The summed E-state index contributed by atoms with van der Waals surface area (Å²) in [4.78, 5) is 16.5. The lowest BCUT2D eigenvalue weighted by molar-refractivity contribution is -0.116. The van der Waals surface area contributed by atoms with Crippen molar-refractivity contribution in [1.29, 1.82) is 0 Å². The summed E-state index contributed by atoms with van der Waals surface area (Å²) < 4.78 is 34.1. The molecule has 0 fully saturated rings. The van der Waals surface area contributed by atoms with Gasteiger partial charge >= 0.3 is 0 Å². The van der Waals surface area contributed by atoms with Crippen LogP contribution in [0.1, 0.15) is 18.0 Å². The average molecular weight is 443 g/mol. The Bertz CT molecular complexity index is 1250. The van der Waals surface area contributed by atoms with Gasteiger partial charge in [0.1, 0.15) is 17.5 Å². The zero-order valence-corrected chi connectivity index (χ0v) is 17.2. The van der Waals surface area contributed by atoms with E-state index in [2.05, 4.69) is 15.4 Å². The average Bonchev–Trinajstić information content (AvgIpc) is 3.33. The predicted octanol–water partition coefficient (Wildman–Crippen LogP) is 5.34. The number of nitrogens with zero attached hydrogens (tertiary/aromatic N) is 3. The summed E-state index contributed by atoms with van der Waals surface area (Å²) in [5.41, 5.74) is 1.55. The van der Waals surface area contributed by atoms with E-state index in [-0.39, 0.29) is 36.0 Å². The standard InChI is InChI=1S/C22H17ClF2N4O2/c1-13-9-20(29(28-13)16-4-2-3-14(23)10-16)27-21(30)7-8-22-26-12-19(31-22)17-6-5-15(24)11-18(17)25/h2-6,9-12H,7-8H2,1H3,(H,27,30). The number of oxazole rings is 1. The van der Waals surface area contributed by atoms with E-state index in [1.54, 1.807) is 28.9 Å². The Morgan fingerprint density at radius 1 is 1.19 bits per heavy atom. The van der Waals surface area contributed by atoms with Gasteiger partial charge in [-0.05, 0) is 37.3 Å². The molecule has 4 aromatic rings. The predicted molar refractivity (Wildman–Crippen MR) is 112 cm³/mol. The Kier molecular flexibility index (Phi) is 5.81. The third-order valence-corrected chi connectivity index (χ3v) is 4.70. The topological polar surface area (TPSA) is 73.0 Å². The van der Waals surface area contributed by atoms with Crippen LogP contribution in [-0.2, 0) is 11.2 Å². The zero-order valence-electron chi connectivity index (χ0n) is 16.4. The molecule has 0 aliphatic carbocycles. The maximum absolute atomic E-state index is 13.9. The minimum absolute atomic E-state index is 0.0889. The van der Waals surface area contributed by atoms with E-state index in [0.717, 1.165) is 23.5 Å². The van der Waals surface area contributed by atoms with Gasteiger partial charge in [-0.15, -0.1) is 0 Å². The van der Waals surface area contributed by atoms with Crippen LogP contribution < -0.4 is 5.32 Å². The molecular formula is C22H17ClF2N4O2. The number of anilines is 1. The van der Waals surface area contributed by atoms with Gasteiger partial charge in [0.15, 0.2) is 11.7 Å². The van der Waals surface area contributed by atoms with Crippen LogP contribution in [0, 0.1) is 18.6 Å². The van der Waals surface area contributed by atoms with Crippen LogP contribution in [0.3, 0.4) is 0 Å². The van der Waals surface area contributed by atoms with Crippen molar-refractivity contribution in [2.75, 3.05) is 5.32 Å². The van der Waals surface area contributed by atoms with Crippen LogP contribution in [-0.4, -0.2) is 20.7 Å². The zero-order chi connectivity index (χ0) is 22.0. The minimum Gasteiger partial charge on any atom is -0.441 e. The molecule has 9 heteroatoms. The highest BCUT2D eigenvalue weighted by atomic mass is 35.5. The lowest BCUT2D eigenvalue weighted by Crippen LogP contribution is -2.15. The van der Waals surface area contributed by atoms with Crippen molar-refractivity contribution in [1.82, 2.24) is 14.8 Å². The summed E-state index contributed by atoms with van der Waals surface area (Å²) in [5, 5.41) is 7.77. The van der Waals surface area contributed by atoms with Gasteiger partial charge in [-0.25, -0.2) is 18.4 Å². The van der Waals surface area contributed by atoms with Crippen LogP contribution in [0.25, 0.3) is 17.0 Å². The number of hydrogen-bond donors (Lipinski definition) is 1. The normalized spacial score (nSPS) is 11.0. The Balaban J connectivity index is 1.42. The van der Waals surface area contributed by atoms with Crippen molar-refractivity contribution in [2.45, 2.75) is 19.8 Å². The van der Waals surface area contributed by atoms with E-state index in [1.165, 1.54) is 12.3 Å². The molecule has 2 aromatic heterocycles. The maximum Gasteiger partial charge on any atom is 0.226 e. The van der Waals surface area contributed by atoms with Crippen LogP contribution in [0.15, 0.2) is 59.1 Å².